The molecule has 0 aromatic heterocycles. The van der Waals surface area contributed by atoms with Crippen LogP contribution in [0, 0.1) is 0 Å². The Hall–Kier alpha value is -1.90. The molecule has 0 radical (unpaired) electrons. The van der Waals surface area contributed by atoms with E-state index in [1.165, 1.54) is 6.08 Å². The van der Waals surface area contributed by atoms with Crippen molar-refractivity contribution in [2.45, 2.75) is 26.4 Å². The van der Waals surface area contributed by atoms with Crippen molar-refractivity contribution in [3.8, 4) is 0 Å². The van der Waals surface area contributed by atoms with Gasteiger partial charge in [0.1, 0.15) is 13.0 Å². The van der Waals surface area contributed by atoms with Crippen LogP contribution in [-0.4, -0.2) is 11.8 Å². The van der Waals surface area contributed by atoms with Crippen LogP contribution in [0.5, 0.6) is 0 Å². The van der Waals surface area contributed by atoms with Crippen molar-refractivity contribution in [3.05, 3.63) is 48.0 Å². The van der Waals surface area contributed by atoms with Gasteiger partial charge in [0.05, 0.1) is 0 Å². The number of carbonyl (C=O) groups is 2. The summed E-state index contributed by atoms with van der Waals surface area (Å²) in [4.78, 5) is 22.5. The fourth-order valence-corrected chi connectivity index (χ4v) is 1.24. The van der Waals surface area contributed by atoms with Gasteiger partial charge in [0.25, 0.3) is 0 Å². The molecule has 0 unspecified atom stereocenters. The maximum Gasteiger partial charge on any atom is 0.314 e. The van der Waals surface area contributed by atoms with Crippen LogP contribution in [0.1, 0.15) is 25.3 Å². The fourth-order valence-electron chi connectivity index (χ4n) is 1.24. The van der Waals surface area contributed by atoms with Crippen molar-refractivity contribution < 1.29 is 14.3 Å². The van der Waals surface area contributed by atoms with Crippen molar-refractivity contribution in [1.82, 2.24) is 0 Å². The summed E-state index contributed by atoms with van der Waals surface area (Å²) in [5, 5.41) is 0. The van der Waals surface area contributed by atoms with Crippen LogP contribution in [0.3, 0.4) is 0 Å². The summed E-state index contributed by atoms with van der Waals surface area (Å²) in [5.74, 6) is -0.704. The van der Waals surface area contributed by atoms with Crippen LogP contribution in [0.4, 0.5) is 0 Å². The number of esters is 1. The first-order valence-electron chi connectivity index (χ1n) is 5.61. The Morgan fingerprint density at radius 2 is 1.94 bits per heavy atom. The van der Waals surface area contributed by atoms with Gasteiger partial charge in [-0.2, -0.15) is 0 Å². The number of ketones is 1. The number of allylic oxidation sites excluding steroid dienone is 2. The normalized spacial score (nSPS) is 10.4. The highest BCUT2D eigenvalue weighted by Gasteiger charge is 2.07. The largest absolute Gasteiger partial charge is 0.460 e. The van der Waals surface area contributed by atoms with E-state index in [4.69, 9.17) is 4.74 Å². The van der Waals surface area contributed by atoms with Crippen LogP contribution < -0.4 is 0 Å². The molecule has 0 fully saturated rings. The predicted octanol–water partition coefficient (Wildman–Crippen LogP) is 2.66. The van der Waals surface area contributed by atoms with E-state index in [9.17, 15) is 9.59 Å². The van der Waals surface area contributed by atoms with Crippen LogP contribution in [-0.2, 0) is 20.9 Å². The third kappa shape index (κ3) is 5.66. The van der Waals surface area contributed by atoms with Gasteiger partial charge in [-0.3, -0.25) is 9.59 Å². The molecule has 0 aliphatic rings. The number of hydrogen-bond donors (Lipinski definition) is 0. The highest BCUT2D eigenvalue weighted by Crippen LogP contribution is 2.02. The van der Waals surface area contributed by atoms with Crippen LogP contribution in [0.15, 0.2) is 42.5 Å². The maximum atomic E-state index is 11.3. The van der Waals surface area contributed by atoms with E-state index in [0.29, 0.717) is 0 Å². The van der Waals surface area contributed by atoms with Gasteiger partial charge in [0.15, 0.2) is 5.78 Å². The minimum Gasteiger partial charge on any atom is -0.460 e. The second kappa shape index (κ2) is 7.39. The van der Waals surface area contributed by atoms with E-state index in [-0.39, 0.29) is 18.8 Å². The number of benzene rings is 1. The van der Waals surface area contributed by atoms with E-state index in [2.05, 4.69) is 0 Å². The zero-order chi connectivity index (χ0) is 12.5. The Morgan fingerprint density at radius 3 is 2.59 bits per heavy atom. The third-order valence-electron chi connectivity index (χ3n) is 2.10. The molecule has 90 valence electrons. The van der Waals surface area contributed by atoms with Gasteiger partial charge in [-0.15, -0.1) is 0 Å². The standard InChI is InChI=1S/C14H16O3/c1-2-3-9-13(15)10-14(16)17-11-12-7-5-4-6-8-12/h3-9H,2,10-11H2,1H3/b9-3+. The lowest BCUT2D eigenvalue weighted by molar-refractivity contribution is -0.146. The molecule has 0 aliphatic heterocycles. The Bertz CT molecular complexity index is 393. The zero-order valence-electron chi connectivity index (χ0n) is 9.89. The van der Waals surface area contributed by atoms with Gasteiger partial charge >= 0.3 is 5.97 Å². The number of rotatable bonds is 6. The zero-order valence-corrected chi connectivity index (χ0v) is 9.89. The molecule has 3 heteroatoms. The molecule has 0 aliphatic carbocycles. The highest BCUT2D eigenvalue weighted by atomic mass is 16.5. The number of ether oxygens (including phenoxy) is 1. The molecule has 0 atom stereocenters. The highest BCUT2D eigenvalue weighted by molar-refractivity contribution is 6.01. The lowest BCUT2D eigenvalue weighted by atomic mass is 10.2. The molecule has 1 rings (SSSR count). The molecular formula is C14H16O3. The van der Waals surface area contributed by atoms with Crippen LogP contribution in [0.25, 0.3) is 0 Å². The molecule has 0 N–H and O–H groups in total. The molecule has 1 aromatic rings. The number of carbonyl (C=O) groups excluding carboxylic acids is 2. The Labute approximate surface area is 101 Å². The molecule has 0 heterocycles. The summed E-state index contributed by atoms with van der Waals surface area (Å²) < 4.78 is 4.99. The summed E-state index contributed by atoms with van der Waals surface area (Å²) in [6, 6.07) is 9.37. The van der Waals surface area contributed by atoms with E-state index < -0.39 is 5.97 Å². The third-order valence-corrected chi connectivity index (χ3v) is 2.10. The molecule has 17 heavy (non-hydrogen) atoms. The first-order chi connectivity index (χ1) is 8.22. The van der Waals surface area contributed by atoms with Crippen molar-refractivity contribution >= 4 is 11.8 Å². The molecule has 0 saturated heterocycles. The van der Waals surface area contributed by atoms with Gasteiger partial charge in [-0.25, -0.2) is 0 Å². The molecule has 1 aromatic carbocycles. The predicted molar refractivity (Wildman–Crippen MR) is 65.3 cm³/mol. The molecule has 0 saturated carbocycles. The van der Waals surface area contributed by atoms with Crippen molar-refractivity contribution in [1.29, 1.82) is 0 Å². The second-order valence-electron chi connectivity index (χ2n) is 3.60. The summed E-state index contributed by atoms with van der Waals surface area (Å²) in [6.07, 6.45) is 3.74. The Morgan fingerprint density at radius 1 is 1.24 bits per heavy atom. The van der Waals surface area contributed by atoms with E-state index >= 15 is 0 Å². The van der Waals surface area contributed by atoms with E-state index in [0.717, 1.165) is 12.0 Å². The molecule has 0 amide bonds. The maximum absolute atomic E-state index is 11.3. The van der Waals surface area contributed by atoms with Gasteiger partial charge in [-0.1, -0.05) is 43.3 Å². The van der Waals surface area contributed by atoms with E-state index in [1.54, 1.807) is 6.08 Å². The van der Waals surface area contributed by atoms with Gasteiger partial charge < -0.3 is 4.74 Å². The Balaban J connectivity index is 2.31. The topological polar surface area (TPSA) is 43.4 Å². The summed E-state index contributed by atoms with van der Waals surface area (Å²) in [7, 11) is 0. The number of hydrogen-bond acceptors (Lipinski definition) is 3. The quantitative estimate of drug-likeness (QED) is 0.430. The molecule has 0 bridgehead atoms. The fraction of sp³-hybridized carbons (Fsp3) is 0.286. The minimum absolute atomic E-state index is 0.191. The lowest BCUT2D eigenvalue weighted by Crippen LogP contribution is -2.09. The van der Waals surface area contributed by atoms with Gasteiger partial charge in [0.2, 0.25) is 0 Å². The average molecular weight is 232 g/mol. The van der Waals surface area contributed by atoms with E-state index in [1.807, 2.05) is 37.3 Å². The summed E-state index contributed by atoms with van der Waals surface area (Å²) in [5.41, 5.74) is 0.914. The summed E-state index contributed by atoms with van der Waals surface area (Å²) in [6.45, 7) is 2.14. The minimum atomic E-state index is -0.486. The first kappa shape index (κ1) is 13.2. The first-order valence-corrected chi connectivity index (χ1v) is 5.61. The van der Waals surface area contributed by atoms with Crippen molar-refractivity contribution in [2.24, 2.45) is 0 Å². The van der Waals surface area contributed by atoms with Gasteiger partial charge in [0, 0.05) is 0 Å². The lowest BCUT2D eigenvalue weighted by Gasteiger charge is -2.03. The smallest absolute Gasteiger partial charge is 0.314 e. The second-order valence-corrected chi connectivity index (χ2v) is 3.60. The van der Waals surface area contributed by atoms with Crippen molar-refractivity contribution in [2.75, 3.05) is 0 Å². The van der Waals surface area contributed by atoms with Crippen LogP contribution >= 0.6 is 0 Å². The Kier molecular flexibility index (Phi) is 5.72. The average Bonchev–Trinajstić information content (AvgIpc) is 2.35. The molecular weight excluding hydrogens is 216 g/mol. The van der Waals surface area contributed by atoms with Gasteiger partial charge in [-0.05, 0) is 18.1 Å². The molecule has 3 nitrogen and oxygen atoms in total. The summed E-state index contributed by atoms with van der Waals surface area (Å²) >= 11 is 0. The monoisotopic (exact) mass is 232 g/mol. The molecule has 0 spiro atoms. The SMILES string of the molecule is CC/C=C/C(=O)CC(=O)OCc1ccccc1. The van der Waals surface area contributed by atoms with Crippen molar-refractivity contribution in [3.63, 3.8) is 0 Å². The van der Waals surface area contributed by atoms with Crippen LogP contribution in [0.2, 0.25) is 0 Å².